The Morgan fingerprint density at radius 1 is 0.939 bits per heavy atom. The molecule has 0 aliphatic heterocycles. The molecule has 9 heteroatoms. The summed E-state index contributed by atoms with van der Waals surface area (Å²) in [5, 5.41) is 4.19. The Labute approximate surface area is 209 Å². The van der Waals surface area contributed by atoms with Gasteiger partial charge in [0, 0.05) is 33.7 Å². The summed E-state index contributed by atoms with van der Waals surface area (Å²) in [5.74, 6) is 1.38. The monoisotopic (exact) mass is 522 g/mol. The first-order chi connectivity index (χ1) is 15.7. The van der Waals surface area contributed by atoms with Crippen molar-refractivity contribution in [2.45, 2.75) is 12.3 Å². The van der Waals surface area contributed by atoms with E-state index in [1.807, 2.05) is 24.3 Å². The first kappa shape index (κ1) is 25.4. The van der Waals surface area contributed by atoms with Gasteiger partial charge in [-0.2, -0.15) is 11.8 Å². The predicted octanol–water partition coefficient (Wildman–Crippen LogP) is 5.62. The number of thioether (sulfide) groups is 1. The molecule has 0 aromatic heterocycles. The molecule has 5 nitrogen and oxygen atoms in total. The number of anilines is 1. The number of halogens is 2. The summed E-state index contributed by atoms with van der Waals surface area (Å²) >= 11 is 13.6. The van der Waals surface area contributed by atoms with Crippen LogP contribution in [0, 0.1) is 0 Å². The van der Waals surface area contributed by atoms with Crippen molar-refractivity contribution in [2.75, 3.05) is 22.9 Å². The average molecular weight is 524 g/mol. The molecule has 0 fully saturated rings. The predicted molar refractivity (Wildman–Crippen MR) is 139 cm³/mol. The minimum absolute atomic E-state index is 0.172. The zero-order valence-electron chi connectivity index (χ0n) is 18.0. The lowest BCUT2D eigenvalue weighted by molar-refractivity contribution is 0.0956. The first-order valence-electron chi connectivity index (χ1n) is 10.1. The Kier molecular flexibility index (Phi) is 9.09. The molecule has 0 aliphatic rings. The molecule has 3 rings (SSSR count). The first-order valence-corrected chi connectivity index (χ1v) is 13.9. The molecule has 0 aliphatic carbocycles. The molecule has 0 atom stereocenters. The summed E-state index contributed by atoms with van der Waals surface area (Å²) in [6, 6.07) is 21.3. The van der Waals surface area contributed by atoms with E-state index < -0.39 is 10.0 Å². The third-order valence-electron chi connectivity index (χ3n) is 4.75. The van der Waals surface area contributed by atoms with Gasteiger partial charge in [-0.25, -0.2) is 8.42 Å². The molecule has 174 valence electrons. The highest BCUT2D eigenvalue weighted by Gasteiger charge is 2.18. The van der Waals surface area contributed by atoms with Crippen LogP contribution in [0.2, 0.25) is 10.0 Å². The Morgan fingerprint density at radius 3 is 2.27 bits per heavy atom. The standard InChI is InChI=1S/C24H24Cl2N2O3S2/c1-33(30,31)28(16-18-5-9-21(25)10-6-18)23-11-7-20(8-12-23)24(29)27-13-14-32-17-19-3-2-4-22(26)15-19/h2-12,15H,13-14,16-17H2,1H3,(H,27,29). The fourth-order valence-corrected chi connectivity index (χ4v) is 5.12. The molecule has 3 aromatic carbocycles. The van der Waals surface area contributed by atoms with Crippen molar-refractivity contribution in [3.8, 4) is 0 Å². The third-order valence-corrected chi connectivity index (χ3v) is 7.40. The molecule has 0 bridgehead atoms. The van der Waals surface area contributed by atoms with Gasteiger partial charge in [0.2, 0.25) is 10.0 Å². The van der Waals surface area contributed by atoms with Crippen molar-refractivity contribution >= 4 is 56.6 Å². The van der Waals surface area contributed by atoms with Crippen LogP contribution in [-0.4, -0.2) is 32.9 Å². The number of sulfonamides is 1. The smallest absolute Gasteiger partial charge is 0.251 e. The quantitative estimate of drug-likeness (QED) is 0.350. The Balaban J connectivity index is 1.54. The summed E-state index contributed by atoms with van der Waals surface area (Å²) in [6.07, 6.45) is 1.16. The summed E-state index contributed by atoms with van der Waals surface area (Å²) in [6.45, 7) is 0.698. The van der Waals surface area contributed by atoms with Crippen molar-refractivity contribution < 1.29 is 13.2 Å². The van der Waals surface area contributed by atoms with E-state index in [1.165, 1.54) is 4.31 Å². The highest BCUT2D eigenvalue weighted by atomic mass is 35.5. The number of carbonyl (C=O) groups is 1. The van der Waals surface area contributed by atoms with E-state index in [9.17, 15) is 13.2 Å². The molecule has 0 saturated carbocycles. The Bertz CT molecular complexity index is 1190. The molecular weight excluding hydrogens is 499 g/mol. The third kappa shape index (κ3) is 7.96. The molecule has 0 radical (unpaired) electrons. The number of amides is 1. The van der Waals surface area contributed by atoms with Gasteiger partial charge in [-0.1, -0.05) is 47.5 Å². The van der Waals surface area contributed by atoms with E-state index in [0.717, 1.165) is 28.9 Å². The maximum Gasteiger partial charge on any atom is 0.251 e. The van der Waals surface area contributed by atoms with Crippen LogP contribution >= 0.6 is 35.0 Å². The average Bonchev–Trinajstić information content (AvgIpc) is 2.78. The van der Waals surface area contributed by atoms with E-state index in [0.29, 0.717) is 27.8 Å². The van der Waals surface area contributed by atoms with Crippen LogP contribution in [0.15, 0.2) is 72.8 Å². The summed E-state index contributed by atoms with van der Waals surface area (Å²) in [7, 11) is -3.52. The largest absolute Gasteiger partial charge is 0.351 e. The molecule has 0 heterocycles. The number of carbonyl (C=O) groups excluding carboxylic acids is 1. The fourth-order valence-electron chi connectivity index (χ4n) is 3.09. The van der Waals surface area contributed by atoms with Crippen molar-refractivity contribution in [2.24, 2.45) is 0 Å². The van der Waals surface area contributed by atoms with Crippen molar-refractivity contribution in [3.05, 3.63) is 99.5 Å². The van der Waals surface area contributed by atoms with Crippen LogP contribution in [-0.2, 0) is 22.3 Å². The summed E-state index contributed by atoms with van der Waals surface area (Å²) in [4.78, 5) is 12.4. The van der Waals surface area contributed by atoms with Gasteiger partial charge in [-0.05, 0) is 59.7 Å². The zero-order chi connectivity index (χ0) is 23.8. The minimum Gasteiger partial charge on any atom is -0.351 e. The molecule has 1 N–H and O–H groups in total. The minimum atomic E-state index is -3.52. The second-order valence-electron chi connectivity index (χ2n) is 7.38. The molecule has 3 aromatic rings. The highest BCUT2D eigenvalue weighted by molar-refractivity contribution is 7.98. The molecule has 33 heavy (non-hydrogen) atoms. The van der Waals surface area contributed by atoms with Crippen molar-refractivity contribution in [1.29, 1.82) is 0 Å². The fraction of sp³-hybridized carbons (Fsp3) is 0.208. The van der Waals surface area contributed by atoms with Gasteiger partial charge in [-0.15, -0.1) is 0 Å². The molecule has 0 saturated heterocycles. The maximum atomic E-state index is 12.4. The molecular formula is C24H24Cl2N2O3S2. The second kappa shape index (κ2) is 11.8. The van der Waals surface area contributed by atoms with Gasteiger partial charge in [0.25, 0.3) is 5.91 Å². The van der Waals surface area contributed by atoms with E-state index in [2.05, 4.69) is 5.32 Å². The normalized spacial score (nSPS) is 11.2. The number of nitrogens with one attached hydrogen (secondary N) is 1. The van der Waals surface area contributed by atoms with Crippen LogP contribution in [0.1, 0.15) is 21.5 Å². The van der Waals surface area contributed by atoms with E-state index in [-0.39, 0.29) is 12.5 Å². The van der Waals surface area contributed by atoms with Crippen LogP contribution in [0.25, 0.3) is 0 Å². The van der Waals surface area contributed by atoms with Crippen LogP contribution in [0.3, 0.4) is 0 Å². The number of nitrogens with zero attached hydrogens (tertiary/aromatic N) is 1. The van der Waals surface area contributed by atoms with Gasteiger partial charge in [0.15, 0.2) is 0 Å². The molecule has 0 spiro atoms. The number of benzene rings is 3. The van der Waals surface area contributed by atoms with Crippen molar-refractivity contribution in [3.63, 3.8) is 0 Å². The number of hydrogen-bond acceptors (Lipinski definition) is 4. The zero-order valence-corrected chi connectivity index (χ0v) is 21.1. The lowest BCUT2D eigenvalue weighted by Gasteiger charge is -2.22. The van der Waals surface area contributed by atoms with Gasteiger partial charge in [-0.3, -0.25) is 9.10 Å². The van der Waals surface area contributed by atoms with Crippen LogP contribution in [0.5, 0.6) is 0 Å². The summed E-state index contributed by atoms with van der Waals surface area (Å²) < 4.78 is 26.0. The van der Waals surface area contributed by atoms with E-state index in [4.69, 9.17) is 23.2 Å². The lowest BCUT2D eigenvalue weighted by Crippen LogP contribution is -2.29. The Hall–Kier alpha value is -2.19. The highest BCUT2D eigenvalue weighted by Crippen LogP contribution is 2.22. The SMILES string of the molecule is CS(=O)(=O)N(Cc1ccc(Cl)cc1)c1ccc(C(=O)NCCSCc2cccc(Cl)c2)cc1. The topological polar surface area (TPSA) is 66.5 Å². The second-order valence-corrected chi connectivity index (χ2v) is 11.3. The molecule has 1 amide bonds. The van der Waals surface area contributed by atoms with Gasteiger partial charge in [0.1, 0.15) is 0 Å². The van der Waals surface area contributed by atoms with Crippen LogP contribution in [0.4, 0.5) is 5.69 Å². The number of hydrogen-bond donors (Lipinski definition) is 1. The van der Waals surface area contributed by atoms with Crippen LogP contribution < -0.4 is 9.62 Å². The number of rotatable bonds is 10. The summed E-state index contributed by atoms with van der Waals surface area (Å²) in [5.41, 5.74) is 2.91. The van der Waals surface area contributed by atoms with E-state index >= 15 is 0 Å². The van der Waals surface area contributed by atoms with Crippen molar-refractivity contribution in [1.82, 2.24) is 5.32 Å². The lowest BCUT2D eigenvalue weighted by atomic mass is 10.2. The molecule has 0 unspecified atom stereocenters. The maximum absolute atomic E-state index is 12.4. The van der Waals surface area contributed by atoms with E-state index in [1.54, 1.807) is 60.3 Å². The Morgan fingerprint density at radius 2 is 1.64 bits per heavy atom. The van der Waals surface area contributed by atoms with Gasteiger partial charge in [0.05, 0.1) is 18.5 Å². The van der Waals surface area contributed by atoms with Gasteiger partial charge < -0.3 is 5.32 Å². The van der Waals surface area contributed by atoms with Gasteiger partial charge >= 0.3 is 0 Å².